The number of carboxylic acids is 1. The quantitative estimate of drug-likeness (QED) is 0.638. The average molecular weight is 444 g/mol. The van der Waals surface area contributed by atoms with Gasteiger partial charge in [0.05, 0.1) is 10.3 Å². The molecule has 0 atom stereocenters. The molecular weight excluding hydrogens is 410 g/mol. The Bertz CT molecular complexity index is 1130. The molecule has 6 heteroatoms. The van der Waals surface area contributed by atoms with Crippen LogP contribution in [-0.2, 0) is 31.1 Å². The maximum Gasteiger partial charge on any atom is 0.313 e. The van der Waals surface area contributed by atoms with E-state index in [0.29, 0.717) is 11.3 Å². The van der Waals surface area contributed by atoms with Crippen molar-refractivity contribution in [1.29, 1.82) is 0 Å². The van der Waals surface area contributed by atoms with E-state index in [1.807, 2.05) is 19.1 Å². The fraction of sp³-hybridized carbons (Fsp3) is 0.480. The van der Waals surface area contributed by atoms with Crippen LogP contribution in [0.1, 0.15) is 76.6 Å². The highest BCUT2D eigenvalue weighted by molar-refractivity contribution is 7.92. The molecule has 3 rings (SSSR count). The lowest BCUT2D eigenvalue weighted by Gasteiger charge is -2.42. The molecule has 2 aromatic rings. The zero-order chi connectivity index (χ0) is 23.4. The van der Waals surface area contributed by atoms with E-state index >= 15 is 0 Å². The first kappa shape index (κ1) is 23.3. The first-order valence-corrected chi connectivity index (χ1v) is 12.1. The van der Waals surface area contributed by atoms with Crippen molar-refractivity contribution in [2.45, 2.75) is 82.4 Å². The van der Waals surface area contributed by atoms with E-state index in [2.05, 4.69) is 32.4 Å². The van der Waals surface area contributed by atoms with E-state index in [-0.39, 0.29) is 15.7 Å². The number of hydrogen-bond acceptors (Lipinski definition) is 3. The van der Waals surface area contributed by atoms with Gasteiger partial charge in [-0.15, -0.1) is 0 Å². The van der Waals surface area contributed by atoms with Gasteiger partial charge in [0, 0.05) is 5.69 Å². The van der Waals surface area contributed by atoms with Crippen molar-refractivity contribution < 1.29 is 18.3 Å². The Morgan fingerprint density at radius 1 is 0.968 bits per heavy atom. The largest absolute Gasteiger partial charge is 0.481 e. The van der Waals surface area contributed by atoms with Crippen LogP contribution in [0.4, 0.5) is 5.69 Å². The van der Waals surface area contributed by atoms with Crippen LogP contribution < -0.4 is 4.72 Å². The molecule has 0 spiro atoms. The summed E-state index contributed by atoms with van der Waals surface area (Å²) in [6, 6.07) is 10.4. The zero-order valence-corrected chi connectivity index (χ0v) is 20.3. The number of sulfonamides is 1. The highest BCUT2D eigenvalue weighted by Crippen LogP contribution is 2.47. The second-order valence-electron chi connectivity index (χ2n) is 10.5. The summed E-state index contributed by atoms with van der Waals surface area (Å²) in [5.74, 6) is -0.934. The first-order chi connectivity index (χ1) is 14.1. The van der Waals surface area contributed by atoms with Gasteiger partial charge in [0.25, 0.3) is 10.0 Å². The van der Waals surface area contributed by atoms with Gasteiger partial charge in [-0.05, 0) is 84.9 Å². The van der Waals surface area contributed by atoms with E-state index < -0.39 is 21.4 Å². The van der Waals surface area contributed by atoms with Gasteiger partial charge >= 0.3 is 5.97 Å². The highest BCUT2D eigenvalue weighted by atomic mass is 32.2. The summed E-state index contributed by atoms with van der Waals surface area (Å²) in [5, 5.41) is 9.39. The molecule has 1 aliphatic rings. The van der Waals surface area contributed by atoms with Crippen molar-refractivity contribution in [1.82, 2.24) is 0 Å². The van der Waals surface area contributed by atoms with Crippen LogP contribution in [0.25, 0.3) is 0 Å². The van der Waals surface area contributed by atoms with E-state index in [4.69, 9.17) is 0 Å². The normalized spacial score (nSPS) is 17.6. The number of nitrogens with one attached hydrogen (secondary N) is 1. The van der Waals surface area contributed by atoms with Gasteiger partial charge in [-0.2, -0.15) is 0 Å². The summed E-state index contributed by atoms with van der Waals surface area (Å²) in [7, 11) is -3.80. The maximum atomic E-state index is 13.3. The molecule has 0 aromatic heterocycles. The molecule has 0 radical (unpaired) electrons. The van der Waals surface area contributed by atoms with Gasteiger partial charge in [-0.3, -0.25) is 9.52 Å². The van der Waals surface area contributed by atoms with Crippen molar-refractivity contribution in [3.63, 3.8) is 0 Å². The summed E-state index contributed by atoms with van der Waals surface area (Å²) < 4.78 is 29.2. The Morgan fingerprint density at radius 2 is 1.45 bits per heavy atom. The van der Waals surface area contributed by atoms with Crippen LogP contribution in [-0.4, -0.2) is 19.5 Å². The van der Waals surface area contributed by atoms with Gasteiger partial charge < -0.3 is 5.11 Å². The van der Waals surface area contributed by atoms with Crippen LogP contribution in [0.2, 0.25) is 0 Å². The molecule has 0 heterocycles. The summed E-state index contributed by atoms with van der Waals surface area (Å²) in [6.07, 6.45) is 2.07. The second kappa shape index (κ2) is 7.37. The number of hydrogen-bond donors (Lipinski definition) is 2. The van der Waals surface area contributed by atoms with Crippen LogP contribution in [0.3, 0.4) is 0 Å². The van der Waals surface area contributed by atoms with E-state index in [1.165, 1.54) is 5.56 Å². The van der Waals surface area contributed by atoms with Crippen molar-refractivity contribution in [3.05, 3.63) is 58.7 Å². The first-order valence-electron chi connectivity index (χ1n) is 10.6. The van der Waals surface area contributed by atoms with E-state index in [0.717, 1.165) is 24.0 Å². The summed E-state index contributed by atoms with van der Waals surface area (Å²) in [4.78, 5) is 11.7. The number of aryl methyl sites for hydroxylation is 1. The molecular formula is C25H33NO4S. The van der Waals surface area contributed by atoms with Gasteiger partial charge in [0.1, 0.15) is 0 Å². The summed E-state index contributed by atoms with van der Waals surface area (Å²) >= 11 is 0. The molecule has 1 aliphatic carbocycles. The molecule has 0 bridgehead atoms. The van der Waals surface area contributed by atoms with Crippen LogP contribution in [0.15, 0.2) is 41.3 Å². The van der Waals surface area contributed by atoms with Crippen molar-refractivity contribution >= 4 is 21.7 Å². The second-order valence-corrected chi connectivity index (χ2v) is 12.2. The summed E-state index contributed by atoms with van der Waals surface area (Å²) in [5.41, 5.74) is 2.92. The number of anilines is 1. The maximum absolute atomic E-state index is 13.3. The van der Waals surface area contributed by atoms with Crippen LogP contribution in [0, 0.1) is 6.92 Å². The summed E-state index contributed by atoms with van der Waals surface area (Å²) in [6.45, 7) is 13.8. The number of benzene rings is 2. The minimum absolute atomic E-state index is 0.0120. The molecule has 0 fully saturated rings. The molecule has 0 saturated carbocycles. The monoisotopic (exact) mass is 443 g/mol. The van der Waals surface area contributed by atoms with E-state index in [1.54, 1.807) is 38.1 Å². The standard InChI is InChI=1S/C25H33NO4S/c1-16-14-19-20(24(4,5)13-12-23(19,2)3)15-21(16)31(29,30)26-18-10-8-17(9-11-18)25(6,7)22(27)28/h8-11,14-15,26H,12-13H2,1-7H3,(H,27,28). The minimum atomic E-state index is -3.80. The molecule has 31 heavy (non-hydrogen) atoms. The zero-order valence-electron chi connectivity index (χ0n) is 19.5. The molecule has 0 aliphatic heterocycles. The van der Waals surface area contributed by atoms with Crippen molar-refractivity contribution in [2.75, 3.05) is 4.72 Å². The predicted octanol–water partition coefficient (Wildman–Crippen LogP) is 5.51. The lowest BCUT2D eigenvalue weighted by Crippen LogP contribution is -2.34. The SMILES string of the molecule is Cc1cc2c(cc1S(=O)(=O)Nc1ccc(C(C)(C)C(=O)O)cc1)C(C)(C)CCC2(C)C. The third-order valence-corrected chi connectivity index (χ3v) is 8.35. The Hall–Kier alpha value is -2.34. The predicted molar refractivity (Wildman–Crippen MR) is 124 cm³/mol. The molecule has 2 aromatic carbocycles. The fourth-order valence-corrected chi connectivity index (χ4v) is 5.59. The van der Waals surface area contributed by atoms with E-state index in [9.17, 15) is 18.3 Å². The number of rotatable bonds is 5. The third kappa shape index (κ3) is 4.22. The number of carboxylic acid groups (broad SMARTS) is 1. The van der Waals surface area contributed by atoms with Crippen LogP contribution in [0.5, 0.6) is 0 Å². The molecule has 0 unspecified atom stereocenters. The minimum Gasteiger partial charge on any atom is -0.481 e. The fourth-order valence-electron chi connectivity index (χ4n) is 4.28. The number of carbonyl (C=O) groups is 1. The molecule has 168 valence electrons. The highest BCUT2D eigenvalue weighted by Gasteiger charge is 2.38. The Labute approximate surface area is 185 Å². The Morgan fingerprint density at radius 3 is 1.94 bits per heavy atom. The van der Waals surface area contributed by atoms with Gasteiger partial charge in [0.2, 0.25) is 0 Å². The Balaban J connectivity index is 1.99. The lowest BCUT2D eigenvalue weighted by atomic mass is 9.63. The number of fused-ring (bicyclic) bond motifs is 1. The third-order valence-electron chi connectivity index (χ3n) is 6.83. The van der Waals surface area contributed by atoms with Crippen molar-refractivity contribution in [2.24, 2.45) is 0 Å². The van der Waals surface area contributed by atoms with Crippen molar-refractivity contribution in [3.8, 4) is 0 Å². The van der Waals surface area contributed by atoms with Gasteiger partial charge in [-0.25, -0.2) is 8.42 Å². The van der Waals surface area contributed by atoms with Gasteiger partial charge in [0.15, 0.2) is 0 Å². The van der Waals surface area contributed by atoms with Gasteiger partial charge in [-0.1, -0.05) is 45.9 Å². The smallest absolute Gasteiger partial charge is 0.313 e. The topological polar surface area (TPSA) is 83.5 Å². The molecule has 2 N–H and O–H groups in total. The molecule has 0 saturated heterocycles. The molecule has 0 amide bonds. The average Bonchev–Trinajstić information content (AvgIpc) is 2.65. The van der Waals surface area contributed by atoms with Crippen LogP contribution >= 0.6 is 0 Å². The number of aliphatic carboxylic acids is 1. The Kier molecular flexibility index (Phi) is 5.54. The molecule has 5 nitrogen and oxygen atoms in total. The lowest BCUT2D eigenvalue weighted by molar-refractivity contribution is -0.142.